The maximum atomic E-state index is 4.39. The number of nitrogens with zero attached hydrogens (tertiary/aromatic N) is 2. The van der Waals surface area contributed by atoms with E-state index in [0.717, 1.165) is 18.7 Å². The average molecular weight is 283 g/mol. The minimum Gasteiger partial charge on any atom is -0.309 e. The lowest BCUT2D eigenvalue weighted by Crippen LogP contribution is -2.23. The van der Waals surface area contributed by atoms with Crippen LogP contribution in [0.5, 0.6) is 0 Å². The van der Waals surface area contributed by atoms with Gasteiger partial charge in [0.1, 0.15) is 6.33 Å². The lowest BCUT2D eigenvalue weighted by atomic mass is 10.0. The van der Waals surface area contributed by atoms with Crippen LogP contribution in [-0.4, -0.2) is 16.5 Å². The van der Waals surface area contributed by atoms with Gasteiger partial charge in [-0.05, 0) is 41.4 Å². The molecule has 3 rings (SSSR count). The number of aromatic nitrogens is 2. The molecule has 0 saturated carbocycles. The number of thiophene rings is 1. The number of hydrogen-bond donors (Lipinski definition) is 1. The molecule has 1 aromatic carbocycles. The van der Waals surface area contributed by atoms with Crippen LogP contribution in [0.1, 0.15) is 24.2 Å². The Morgan fingerprint density at radius 1 is 1.25 bits per heavy atom. The molecule has 1 atom stereocenters. The van der Waals surface area contributed by atoms with Gasteiger partial charge in [0.15, 0.2) is 0 Å². The number of likely N-dealkylation sites (N-methyl/N-ethyl adjacent to an activating group) is 1. The highest BCUT2D eigenvalue weighted by atomic mass is 32.1. The Bertz CT molecular complexity index is 678. The molecule has 4 heteroatoms. The fraction of sp³-hybridized carbons (Fsp3) is 0.250. The van der Waals surface area contributed by atoms with E-state index < -0.39 is 0 Å². The Morgan fingerprint density at radius 2 is 2.15 bits per heavy atom. The standard InChI is InChI=1S/C16H17N3S/c1-2-18-15(14-7-8-17-11-19-14)9-12-10-20-16-6-4-3-5-13(12)16/h3-8,10-11,15,18H,2,9H2,1H3. The fourth-order valence-electron chi connectivity index (χ4n) is 2.45. The summed E-state index contributed by atoms with van der Waals surface area (Å²) in [7, 11) is 0. The molecule has 2 aromatic heterocycles. The van der Waals surface area contributed by atoms with Crippen molar-refractivity contribution in [3.8, 4) is 0 Å². The summed E-state index contributed by atoms with van der Waals surface area (Å²) in [6.07, 6.45) is 4.37. The van der Waals surface area contributed by atoms with Gasteiger partial charge in [0.05, 0.1) is 11.7 Å². The Morgan fingerprint density at radius 3 is 2.95 bits per heavy atom. The summed E-state index contributed by atoms with van der Waals surface area (Å²) in [5, 5.41) is 7.13. The highest BCUT2D eigenvalue weighted by Gasteiger charge is 2.14. The van der Waals surface area contributed by atoms with E-state index in [1.807, 2.05) is 17.4 Å². The van der Waals surface area contributed by atoms with E-state index in [1.54, 1.807) is 12.5 Å². The Hall–Kier alpha value is -1.78. The lowest BCUT2D eigenvalue weighted by Gasteiger charge is -2.16. The first-order valence-corrected chi connectivity index (χ1v) is 7.71. The Labute approximate surface area is 122 Å². The summed E-state index contributed by atoms with van der Waals surface area (Å²) in [5.74, 6) is 0. The number of benzene rings is 1. The summed E-state index contributed by atoms with van der Waals surface area (Å²) < 4.78 is 1.35. The first-order valence-electron chi connectivity index (χ1n) is 6.83. The normalized spacial score (nSPS) is 12.7. The summed E-state index contributed by atoms with van der Waals surface area (Å²) in [6, 6.07) is 10.8. The molecular formula is C16H17N3S. The van der Waals surface area contributed by atoms with Crippen LogP contribution in [0.4, 0.5) is 0 Å². The second-order valence-corrected chi connectivity index (χ2v) is 5.62. The van der Waals surface area contributed by atoms with Gasteiger partial charge in [0.2, 0.25) is 0 Å². The molecule has 0 saturated heterocycles. The van der Waals surface area contributed by atoms with Gasteiger partial charge >= 0.3 is 0 Å². The van der Waals surface area contributed by atoms with Crippen LogP contribution in [0.25, 0.3) is 10.1 Å². The quantitative estimate of drug-likeness (QED) is 0.777. The molecule has 0 spiro atoms. The zero-order chi connectivity index (χ0) is 13.8. The van der Waals surface area contributed by atoms with Crippen LogP contribution in [0.3, 0.4) is 0 Å². The molecule has 102 valence electrons. The van der Waals surface area contributed by atoms with Gasteiger partial charge < -0.3 is 5.32 Å². The molecule has 0 bridgehead atoms. The van der Waals surface area contributed by atoms with Gasteiger partial charge in [-0.15, -0.1) is 11.3 Å². The van der Waals surface area contributed by atoms with Crippen LogP contribution >= 0.6 is 11.3 Å². The molecule has 0 fully saturated rings. The first kappa shape index (κ1) is 13.2. The monoisotopic (exact) mass is 283 g/mol. The van der Waals surface area contributed by atoms with Crippen molar-refractivity contribution < 1.29 is 0 Å². The Kier molecular flexibility index (Phi) is 4.04. The van der Waals surface area contributed by atoms with Crippen molar-refractivity contribution in [3.63, 3.8) is 0 Å². The molecule has 2 heterocycles. The number of hydrogen-bond acceptors (Lipinski definition) is 4. The van der Waals surface area contributed by atoms with E-state index in [0.29, 0.717) is 0 Å². The van der Waals surface area contributed by atoms with E-state index >= 15 is 0 Å². The van der Waals surface area contributed by atoms with Gasteiger partial charge in [-0.3, -0.25) is 0 Å². The zero-order valence-corrected chi connectivity index (χ0v) is 12.2. The van der Waals surface area contributed by atoms with Crippen molar-refractivity contribution in [3.05, 3.63) is 59.5 Å². The molecule has 0 amide bonds. The predicted octanol–water partition coefficient (Wildman–Crippen LogP) is 3.58. The van der Waals surface area contributed by atoms with E-state index in [4.69, 9.17) is 0 Å². The topological polar surface area (TPSA) is 37.8 Å². The van der Waals surface area contributed by atoms with Crippen LogP contribution in [0.15, 0.2) is 48.2 Å². The molecule has 1 unspecified atom stereocenters. The van der Waals surface area contributed by atoms with Gasteiger partial charge in [-0.25, -0.2) is 9.97 Å². The van der Waals surface area contributed by atoms with Crippen molar-refractivity contribution in [2.45, 2.75) is 19.4 Å². The van der Waals surface area contributed by atoms with Gasteiger partial charge in [0, 0.05) is 10.9 Å². The fourth-order valence-corrected chi connectivity index (χ4v) is 3.42. The number of rotatable bonds is 5. The predicted molar refractivity (Wildman–Crippen MR) is 84.0 cm³/mol. The SMILES string of the molecule is CCNC(Cc1csc2ccccc12)c1ccncn1. The van der Waals surface area contributed by atoms with Crippen molar-refractivity contribution in [1.82, 2.24) is 15.3 Å². The largest absolute Gasteiger partial charge is 0.309 e. The smallest absolute Gasteiger partial charge is 0.115 e. The van der Waals surface area contributed by atoms with E-state index in [2.05, 4.69) is 51.9 Å². The maximum absolute atomic E-state index is 4.39. The summed E-state index contributed by atoms with van der Waals surface area (Å²) >= 11 is 1.81. The van der Waals surface area contributed by atoms with Crippen molar-refractivity contribution >= 4 is 21.4 Å². The van der Waals surface area contributed by atoms with Crippen molar-refractivity contribution in [1.29, 1.82) is 0 Å². The molecule has 0 radical (unpaired) electrons. The summed E-state index contributed by atoms with van der Waals surface area (Å²) in [5.41, 5.74) is 2.44. The lowest BCUT2D eigenvalue weighted by molar-refractivity contribution is 0.537. The van der Waals surface area contributed by atoms with Gasteiger partial charge in [-0.1, -0.05) is 25.1 Å². The average Bonchev–Trinajstić information content (AvgIpc) is 2.91. The molecule has 0 aliphatic carbocycles. The van der Waals surface area contributed by atoms with Gasteiger partial charge in [-0.2, -0.15) is 0 Å². The summed E-state index contributed by atoms with van der Waals surface area (Å²) in [4.78, 5) is 8.39. The van der Waals surface area contributed by atoms with E-state index in [-0.39, 0.29) is 6.04 Å². The first-order chi connectivity index (χ1) is 9.88. The van der Waals surface area contributed by atoms with Gasteiger partial charge in [0.25, 0.3) is 0 Å². The third-order valence-electron chi connectivity index (χ3n) is 3.40. The van der Waals surface area contributed by atoms with Crippen molar-refractivity contribution in [2.75, 3.05) is 6.54 Å². The highest BCUT2D eigenvalue weighted by molar-refractivity contribution is 7.17. The van der Waals surface area contributed by atoms with E-state index in [1.165, 1.54) is 15.6 Å². The van der Waals surface area contributed by atoms with E-state index in [9.17, 15) is 0 Å². The van der Waals surface area contributed by atoms with Crippen LogP contribution in [0.2, 0.25) is 0 Å². The van der Waals surface area contributed by atoms with Crippen LogP contribution < -0.4 is 5.32 Å². The third-order valence-corrected chi connectivity index (χ3v) is 4.41. The van der Waals surface area contributed by atoms with Crippen LogP contribution in [0, 0.1) is 0 Å². The van der Waals surface area contributed by atoms with Crippen LogP contribution in [-0.2, 0) is 6.42 Å². The molecule has 3 aromatic rings. The maximum Gasteiger partial charge on any atom is 0.115 e. The third kappa shape index (κ3) is 2.71. The number of fused-ring (bicyclic) bond motifs is 1. The molecule has 3 nitrogen and oxygen atoms in total. The molecule has 0 aliphatic heterocycles. The molecule has 20 heavy (non-hydrogen) atoms. The molecule has 0 aliphatic rings. The number of nitrogens with one attached hydrogen (secondary N) is 1. The minimum atomic E-state index is 0.237. The molecular weight excluding hydrogens is 266 g/mol. The zero-order valence-electron chi connectivity index (χ0n) is 11.4. The minimum absolute atomic E-state index is 0.237. The second kappa shape index (κ2) is 6.11. The van der Waals surface area contributed by atoms with Crippen molar-refractivity contribution in [2.24, 2.45) is 0 Å². The second-order valence-electron chi connectivity index (χ2n) is 4.71. The molecule has 1 N–H and O–H groups in total. The highest BCUT2D eigenvalue weighted by Crippen LogP contribution is 2.28. The Balaban J connectivity index is 1.90. The summed E-state index contributed by atoms with van der Waals surface area (Å²) in [6.45, 7) is 3.05.